The molecule has 1 N–H and O–H groups in total. The van der Waals surface area contributed by atoms with Crippen molar-refractivity contribution in [3.63, 3.8) is 0 Å². The van der Waals surface area contributed by atoms with Gasteiger partial charge in [-0.05, 0) is 37.3 Å². The number of carbonyl (C=O) groups excluding carboxylic acids is 1. The highest BCUT2D eigenvalue weighted by atomic mass is 19.4. The fraction of sp³-hybridized carbons (Fsp3) is 0.158. The molecule has 32 heavy (non-hydrogen) atoms. The number of aromatic nitrogens is 7. The lowest BCUT2D eigenvalue weighted by Gasteiger charge is -2.14. The van der Waals surface area contributed by atoms with Gasteiger partial charge in [0.2, 0.25) is 0 Å². The molecule has 0 saturated heterocycles. The first-order chi connectivity index (χ1) is 15.2. The molecule has 13 heteroatoms. The number of amides is 1. The van der Waals surface area contributed by atoms with Crippen LogP contribution in [0.5, 0.6) is 0 Å². The molecule has 4 rings (SSSR count). The Kier molecular flexibility index (Phi) is 5.38. The van der Waals surface area contributed by atoms with Crippen molar-refractivity contribution in [3.05, 3.63) is 78.1 Å². The Bertz CT molecular complexity index is 1230. The summed E-state index contributed by atoms with van der Waals surface area (Å²) in [6, 6.07) is 5.99. The zero-order valence-electron chi connectivity index (χ0n) is 16.3. The molecular weight excluding hydrogens is 432 g/mol. The van der Waals surface area contributed by atoms with E-state index in [0.29, 0.717) is 6.07 Å². The summed E-state index contributed by atoms with van der Waals surface area (Å²) in [7, 11) is 0. The van der Waals surface area contributed by atoms with E-state index in [9.17, 15) is 22.4 Å². The summed E-state index contributed by atoms with van der Waals surface area (Å²) in [5, 5.41) is 10.1. The SMILES string of the molecule is C[C@H](NC(=O)c1cc(C(F)(F)F)nn1-c1ccc(F)cc1)c1ncnn1-c1ncccn1. The number of halogens is 4. The van der Waals surface area contributed by atoms with Crippen LogP contribution in [0.1, 0.15) is 35.0 Å². The summed E-state index contributed by atoms with van der Waals surface area (Å²) in [5.74, 6) is -0.974. The van der Waals surface area contributed by atoms with Crippen LogP contribution >= 0.6 is 0 Å². The number of nitrogens with zero attached hydrogens (tertiary/aromatic N) is 7. The molecule has 1 amide bonds. The first-order valence-electron chi connectivity index (χ1n) is 9.15. The van der Waals surface area contributed by atoms with Gasteiger partial charge in [-0.1, -0.05) is 0 Å². The number of hydrogen-bond acceptors (Lipinski definition) is 6. The van der Waals surface area contributed by atoms with Crippen molar-refractivity contribution in [2.75, 3.05) is 0 Å². The number of benzene rings is 1. The van der Waals surface area contributed by atoms with Gasteiger partial charge in [-0.3, -0.25) is 4.79 Å². The number of carbonyl (C=O) groups is 1. The van der Waals surface area contributed by atoms with Crippen molar-refractivity contribution in [1.82, 2.24) is 39.8 Å². The Morgan fingerprint density at radius 1 is 1.06 bits per heavy atom. The molecule has 164 valence electrons. The molecule has 1 atom stereocenters. The van der Waals surface area contributed by atoms with E-state index in [1.54, 1.807) is 13.0 Å². The average Bonchev–Trinajstić information content (AvgIpc) is 3.42. The lowest BCUT2D eigenvalue weighted by atomic mass is 10.2. The third-order valence-corrected chi connectivity index (χ3v) is 4.35. The summed E-state index contributed by atoms with van der Waals surface area (Å²) in [5.41, 5.74) is -1.57. The predicted molar refractivity (Wildman–Crippen MR) is 101 cm³/mol. The van der Waals surface area contributed by atoms with Gasteiger partial charge >= 0.3 is 6.18 Å². The van der Waals surface area contributed by atoms with E-state index in [1.807, 2.05) is 0 Å². The van der Waals surface area contributed by atoms with E-state index in [2.05, 4.69) is 30.5 Å². The lowest BCUT2D eigenvalue weighted by molar-refractivity contribution is -0.141. The summed E-state index contributed by atoms with van der Waals surface area (Å²) < 4.78 is 55.1. The zero-order chi connectivity index (χ0) is 22.9. The third kappa shape index (κ3) is 4.17. The fourth-order valence-corrected chi connectivity index (χ4v) is 2.90. The van der Waals surface area contributed by atoms with Crippen molar-refractivity contribution in [3.8, 4) is 11.6 Å². The Morgan fingerprint density at radius 3 is 2.41 bits per heavy atom. The maximum absolute atomic E-state index is 13.2. The summed E-state index contributed by atoms with van der Waals surface area (Å²) >= 11 is 0. The minimum Gasteiger partial charge on any atom is -0.341 e. The number of nitrogens with one attached hydrogen (secondary N) is 1. The van der Waals surface area contributed by atoms with E-state index in [0.717, 1.165) is 16.8 Å². The van der Waals surface area contributed by atoms with Crippen LogP contribution in [0.25, 0.3) is 11.6 Å². The van der Waals surface area contributed by atoms with Crippen LogP contribution in [0, 0.1) is 5.82 Å². The molecule has 3 aromatic heterocycles. The van der Waals surface area contributed by atoms with Crippen LogP contribution in [0.3, 0.4) is 0 Å². The van der Waals surface area contributed by atoms with Gasteiger partial charge in [0.15, 0.2) is 11.5 Å². The van der Waals surface area contributed by atoms with Gasteiger partial charge in [0.05, 0.1) is 11.7 Å². The maximum Gasteiger partial charge on any atom is 0.435 e. The van der Waals surface area contributed by atoms with Crippen molar-refractivity contribution in [2.45, 2.75) is 19.1 Å². The molecule has 0 bridgehead atoms. The van der Waals surface area contributed by atoms with Gasteiger partial charge in [0, 0.05) is 18.5 Å². The highest BCUT2D eigenvalue weighted by molar-refractivity contribution is 5.93. The maximum atomic E-state index is 13.2. The molecule has 0 spiro atoms. The quantitative estimate of drug-likeness (QED) is 0.473. The van der Waals surface area contributed by atoms with Crippen molar-refractivity contribution >= 4 is 5.91 Å². The van der Waals surface area contributed by atoms with Gasteiger partial charge in [-0.25, -0.2) is 24.0 Å². The predicted octanol–water partition coefficient (Wildman–Crippen LogP) is 2.89. The highest BCUT2D eigenvalue weighted by Gasteiger charge is 2.36. The molecule has 3 heterocycles. The Balaban J connectivity index is 1.66. The van der Waals surface area contributed by atoms with Crippen LogP contribution in [0.4, 0.5) is 17.6 Å². The highest BCUT2D eigenvalue weighted by Crippen LogP contribution is 2.30. The van der Waals surface area contributed by atoms with E-state index in [4.69, 9.17) is 0 Å². The monoisotopic (exact) mass is 446 g/mol. The van der Waals surface area contributed by atoms with Crippen LogP contribution in [-0.2, 0) is 6.18 Å². The molecular formula is C19H14F4N8O. The van der Waals surface area contributed by atoms with Crippen LogP contribution in [0.15, 0.2) is 55.1 Å². The second-order valence-corrected chi connectivity index (χ2v) is 6.57. The second-order valence-electron chi connectivity index (χ2n) is 6.57. The lowest BCUT2D eigenvalue weighted by Crippen LogP contribution is -2.30. The summed E-state index contributed by atoms with van der Waals surface area (Å²) in [4.78, 5) is 25.1. The molecule has 4 aromatic rings. The molecule has 9 nitrogen and oxygen atoms in total. The molecule has 0 unspecified atom stereocenters. The van der Waals surface area contributed by atoms with Crippen molar-refractivity contribution in [2.24, 2.45) is 0 Å². The van der Waals surface area contributed by atoms with E-state index in [1.165, 1.54) is 35.5 Å². The van der Waals surface area contributed by atoms with Crippen LogP contribution < -0.4 is 5.32 Å². The Hall–Kier alpha value is -4.16. The molecule has 0 aliphatic heterocycles. The van der Waals surface area contributed by atoms with Crippen LogP contribution in [0.2, 0.25) is 0 Å². The van der Waals surface area contributed by atoms with E-state index in [-0.39, 0.29) is 17.5 Å². The molecule has 0 radical (unpaired) electrons. The summed E-state index contributed by atoms with van der Waals surface area (Å²) in [6.45, 7) is 1.57. The normalized spacial score (nSPS) is 12.5. The standard InChI is InChI=1S/C19H14F4N8O/c1-11(16-26-10-27-31(16)18-24-7-2-8-25-18)28-17(32)14-9-15(19(21,22)23)29-30(14)13-5-3-12(20)4-6-13/h2-11H,1H3,(H,28,32)/t11-/m0/s1. The largest absolute Gasteiger partial charge is 0.435 e. The Labute approximate surface area is 177 Å². The first-order valence-corrected chi connectivity index (χ1v) is 9.15. The second kappa shape index (κ2) is 8.17. The molecule has 1 aromatic carbocycles. The van der Waals surface area contributed by atoms with Gasteiger partial charge < -0.3 is 5.32 Å². The van der Waals surface area contributed by atoms with Gasteiger partial charge in [0.1, 0.15) is 17.8 Å². The number of rotatable bonds is 5. The number of hydrogen-bond donors (Lipinski definition) is 1. The molecule has 0 saturated carbocycles. The smallest absolute Gasteiger partial charge is 0.341 e. The molecule has 0 aliphatic rings. The van der Waals surface area contributed by atoms with Crippen molar-refractivity contribution in [1.29, 1.82) is 0 Å². The summed E-state index contributed by atoms with van der Waals surface area (Å²) in [6.07, 6.45) is -0.552. The first kappa shape index (κ1) is 21.1. The Morgan fingerprint density at radius 2 is 1.75 bits per heavy atom. The van der Waals surface area contributed by atoms with Gasteiger partial charge in [0.25, 0.3) is 11.9 Å². The molecule has 0 aliphatic carbocycles. The van der Waals surface area contributed by atoms with Gasteiger partial charge in [-0.15, -0.1) is 0 Å². The number of alkyl halides is 3. The fourth-order valence-electron chi connectivity index (χ4n) is 2.90. The van der Waals surface area contributed by atoms with E-state index >= 15 is 0 Å². The van der Waals surface area contributed by atoms with Crippen LogP contribution in [-0.4, -0.2) is 40.4 Å². The van der Waals surface area contributed by atoms with E-state index < -0.39 is 35.3 Å². The molecule has 0 fully saturated rings. The van der Waals surface area contributed by atoms with Crippen molar-refractivity contribution < 1.29 is 22.4 Å². The minimum atomic E-state index is -4.78. The average molecular weight is 446 g/mol. The topological polar surface area (TPSA) is 103 Å². The minimum absolute atomic E-state index is 0.0838. The van der Waals surface area contributed by atoms with Gasteiger partial charge in [-0.2, -0.15) is 28.1 Å². The zero-order valence-corrected chi connectivity index (χ0v) is 16.3. The third-order valence-electron chi connectivity index (χ3n) is 4.35.